The van der Waals surface area contributed by atoms with Crippen LogP contribution in [0.25, 0.3) is 0 Å². The van der Waals surface area contributed by atoms with E-state index in [1.807, 2.05) is 0 Å². The first-order valence-electron chi connectivity index (χ1n) is 12.7. The summed E-state index contributed by atoms with van der Waals surface area (Å²) < 4.78 is 25.2. The van der Waals surface area contributed by atoms with Crippen molar-refractivity contribution >= 4 is 39.7 Å². The van der Waals surface area contributed by atoms with Gasteiger partial charge in [0, 0.05) is 37.8 Å². The SMILES string of the molecule is C[C@H]1C[C@H](C)CN(C(=O)C2CCN(c3ccc(S(=O)(=O)C4(C(=O)NO)CCNCC4)cc3)CC2)C1.Cl. The molecule has 3 heterocycles. The first-order chi connectivity index (χ1) is 16.7. The Hall–Kier alpha value is -1.88. The largest absolute Gasteiger partial charge is 0.371 e. The molecule has 3 aliphatic heterocycles. The van der Waals surface area contributed by atoms with Gasteiger partial charge in [0.1, 0.15) is 0 Å². The third-order valence-corrected chi connectivity index (χ3v) is 10.5. The topological polar surface area (TPSA) is 119 Å². The number of nitrogens with one attached hydrogen (secondary N) is 2. The van der Waals surface area contributed by atoms with Crippen LogP contribution in [-0.2, 0) is 19.4 Å². The Morgan fingerprint density at radius 2 is 1.58 bits per heavy atom. The molecule has 3 N–H and O–H groups in total. The Bertz CT molecular complexity index is 1010. The molecule has 4 rings (SSSR count). The van der Waals surface area contributed by atoms with Crippen LogP contribution >= 0.6 is 12.4 Å². The highest BCUT2D eigenvalue weighted by atomic mass is 35.5. The fourth-order valence-electron chi connectivity index (χ4n) is 6.10. The van der Waals surface area contributed by atoms with Gasteiger partial charge in [0.25, 0.3) is 5.91 Å². The van der Waals surface area contributed by atoms with E-state index in [1.54, 1.807) is 29.7 Å². The smallest absolute Gasteiger partial charge is 0.265 e. The van der Waals surface area contributed by atoms with Crippen molar-refractivity contribution in [3.8, 4) is 0 Å². The van der Waals surface area contributed by atoms with E-state index in [0.29, 0.717) is 24.9 Å². The second-order valence-corrected chi connectivity index (χ2v) is 12.9. The van der Waals surface area contributed by atoms with Gasteiger partial charge in [0.05, 0.1) is 4.90 Å². The van der Waals surface area contributed by atoms with Gasteiger partial charge < -0.3 is 15.1 Å². The monoisotopic (exact) mass is 542 g/mol. The number of anilines is 1. The Morgan fingerprint density at radius 3 is 2.11 bits per heavy atom. The Labute approximate surface area is 220 Å². The summed E-state index contributed by atoms with van der Waals surface area (Å²) in [6, 6.07) is 6.64. The van der Waals surface area contributed by atoms with Gasteiger partial charge in [-0.1, -0.05) is 13.8 Å². The minimum absolute atomic E-state index is 0. The number of hydrogen-bond donors (Lipinski definition) is 3. The third kappa shape index (κ3) is 5.51. The Morgan fingerprint density at radius 1 is 1.03 bits per heavy atom. The van der Waals surface area contributed by atoms with E-state index in [2.05, 4.69) is 29.0 Å². The van der Waals surface area contributed by atoms with Crippen LogP contribution in [0, 0.1) is 17.8 Å². The summed E-state index contributed by atoms with van der Waals surface area (Å²) in [5.74, 6) is 0.529. The molecule has 0 aromatic heterocycles. The molecule has 3 aliphatic rings. The number of piperidine rings is 3. The van der Waals surface area contributed by atoms with E-state index >= 15 is 0 Å². The fraction of sp³-hybridized carbons (Fsp3) is 0.680. The maximum atomic E-state index is 13.5. The summed E-state index contributed by atoms with van der Waals surface area (Å²) in [6.45, 7) is 8.38. The van der Waals surface area contributed by atoms with E-state index in [4.69, 9.17) is 0 Å². The molecule has 1 aromatic carbocycles. The van der Waals surface area contributed by atoms with E-state index in [0.717, 1.165) is 44.7 Å². The lowest BCUT2D eigenvalue weighted by Gasteiger charge is -2.39. The maximum Gasteiger partial charge on any atom is 0.265 e. The van der Waals surface area contributed by atoms with Crippen molar-refractivity contribution in [1.29, 1.82) is 0 Å². The van der Waals surface area contributed by atoms with Crippen LogP contribution in [0.5, 0.6) is 0 Å². The second kappa shape index (κ2) is 11.7. The van der Waals surface area contributed by atoms with Crippen molar-refractivity contribution < 1.29 is 23.2 Å². The van der Waals surface area contributed by atoms with Crippen LogP contribution in [0.15, 0.2) is 29.2 Å². The number of rotatable bonds is 5. The van der Waals surface area contributed by atoms with E-state index < -0.39 is 20.5 Å². The quantitative estimate of drug-likeness (QED) is 0.385. The summed E-state index contributed by atoms with van der Waals surface area (Å²) >= 11 is 0. The van der Waals surface area contributed by atoms with Gasteiger partial charge >= 0.3 is 0 Å². The molecule has 2 amide bonds. The summed E-state index contributed by atoms with van der Waals surface area (Å²) in [6.07, 6.45) is 2.94. The molecule has 36 heavy (non-hydrogen) atoms. The average Bonchev–Trinajstić information content (AvgIpc) is 2.87. The van der Waals surface area contributed by atoms with Gasteiger partial charge in [-0.15, -0.1) is 12.4 Å². The van der Waals surface area contributed by atoms with Gasteiger partial charge in [0.2, 0.25) is 5.91 Å². The van der Waals surface area contributed by atoms with Gasteiger partial charge in [-0.05, 0) is 81.3 Å². The summed E-state index contributed by atoms with van der Waals surface area (Å²) in [5.41, 5.74) is 2.47. The van der Waals surface area contributed by atoms with Gasteiger partial charge in [0.15, 0.2) is 14.6 Å². The van der Waals surface area contributed by atoms with E-state index in [9.17, 15) is 23.2 Å². The number of amides is 2. The molecule has 0 unspecified atom stereocenters. The van der Waals surface area contributed by atoms with Crippen molar-refractivity contribution in [1.82, 2.24) is 15.7 Å². The number of halogens is 1. The Balaban J connectivity index is 0.00000361. The summed E-state index contributed by atoms with van der Waals surface area (Å²) in [5, 5.41) is 12.3. The highest BCUT2D eigenvalue weighted by Crippen LogP contribution is 2.35. The number of carbonyl (C=O) groups is 2. The van der Waals surface area contributed by atoms with E-state index in [1.165, 1.54) is 6.42 Å². The number of nitrogens with zero attached hydrogens (tertiary/aromatic N) is 2. The number of sulfone groups is 1. The van der Waals surface area contributed by atoms with Gasteiger partial charge in [-0.2, -0.15) is 0 Å². The molecule has 0 saturated carbocycles. The number of benzene rings is 1. The fourth-order valence-corrected chi connectivity index (χ4v) is 8.07. The molecule has 0 bridgehead atoms. The van der Waals surface area contributed by atoms with Crippen LogP contribution in [0.4, 0.5) is 5.69 Å². The predicted molar refractivity (Wildman–Crippen MR) is 140 cm³/mol. The minimum Gasteiger partial charge on any atom is -0.371 e. The molecule has 3 saturated heterocycles. The normalized spacial score (nSPS) is 25.1. The molecule has 3 fully saturated rings. The van der Waals surface area contributed by atoms with Crippen LogP contribution in [0.2, 0.25) is 0 Å². The lowest BCUT2D eigenvalue weighted by Crippen LogP contribution is -2.57. The highest BCUT2D eigenvalue weighted by Gasteiger charge is 2.51. The lowest BCUT2D eigenvalue weighted by molar-refractivity contribution is -0.139. The summed E-state index contributed by atoms with van der Waals surface area (Å²) in [7, 11) is -4.00. The molecular formula is C25H39ClN4O5S. The molecule has 0 radical (unpaired) electrons. The first kappa shape index (κ1) is 28.7. The zero-order chi connectivity index (χ0) is 25.2. The van der Waals surface area contributed by atoms with E-state index in [-0.39, 0.29) is 42.0 Å². The highest BCUT2D eigenvalue weighted by molar-refractivity contribution is 7.93. The standard InChI is InChI=1S/C25H38N4O5S.ClH/c1-18-15-19(2)17-29(16-18)23(30)20-7-13-28(14-8-20)21-3-5-22(6-4-21)35(33,34)25(24(31)27-32)9-11-26-12-10-25;/h3-6,18-20,26,32H,7-17H2,1-2H3,(H,27,31);1H/t18-,19-;/m0./s1. The minimum atomic E-state index is -4.00. The average molecular weight is 543 g/mol. The molecule has 202 valence electrons. The molecule has 9 nitrogen and oxygen atoms in total. The Kier molecular flexibility index (Phi) is 9.30. The van der Waals surface area contributed by atoms with Crippen LogP contribution < -0.4 is 15.7 Å². The molecule has 2 atom stereocenters. The van der Waals surface area contributed by atoms with Gasteiger partial charge in [-0.3, -0.25) is 14.8 Å². The number of hydroxylamine groups is 1. The number of carbonyl (C=O) groups excluding carboxylic acids is 2. The van der Waals surface area contributed by atoms with Crippen LogP contribution in [0.3, 0.4) is 0 Å². The second-order valence-electron chi connectivity index (χ2n) is 10.6. The molecule has 0 aliphatic carbocycles. The number of likely N-dealkylation sites (tertiary alicyclic amines) is 1. The zero-order valence-corrected chi connectivity index (χ0v) is 22.7. The molecule has 1 aromatic rings. The van der Waals surface area contributed by atoms with Crippen LogP contribution in [0.1, 0.15) is 46.0 Å². The number of hydrogen-bond acceptors (Lipinski definition) is 7. The van der Waals surface area contributed by atoms with Crippen molar-refractivity contribution in [2.24, 2.45) is 17.8 Å². The molecule has 11 heteroatoms. The van der Waals surface area contributed by atoms with Crippen molar-refractivity contribution in [3.63, 3.8) is 0 Å². The summed E-state index contributed by atoms with van der Waals surface area (Å²) in [4.78, 5) is 29.9. The zero-order valence-electron chi connectivity index (χ0n) is 21.1. The van der Waals surface area contributed by atoms with Crippen LogP contribution in [-0.4, -0.2) is 74.4 Å². The van der Waals surface area contributed by atoms with Gasteiger partial charge in [-0.25, -0.2) is 13.9 Å². The maximum absolute atomic E-state index is 13.5. The van der Waals surface area contributed by atoms with Crippen molar-refractivity contribution in [2.75, 3.05) is 44.2 Å². The third-order valence-electron chi connectivity index (χ3n) is 7.98. The van der Waals surface area contributed by atoms with Crippen molar-refractivity contribution in [2.45, 2.75) is 55.6 Å². The van der Waals surface area contributed by atoms with Crippen molar-refractivity contribution in [3.05, 3.63) is 24.3 Å². The molecule has 0 spiro atoms. The lowest BCUT2D eigenvalue weighted by atomic mass is 9.89. The molecular weight excluding hydrogens is 504 g/mol. The first-order valence-corrected chi connectivity index (χ1v) is 14.2. The predicted octanol–water partition coefficient (Wildman–Crippen LogP) is 2.23.